The zero-order valence-electron chi connectivity index (χ0n) is 9.19. The molecule has 90 valence electrons. The third-order valence-corrected chi connectivity index (χ3v) is 3.27. The molecule has 4 nitrogen and oxygen atoms in total. The summed E-state index contributed by atoms with van der Waals surface area (Å²) in [6.07, 6.45) is 0.445. The maximum atomic E-state index is 11.8. The summed E-state index contributed by atoms with van der Waals surface area (Å²) in [4.78, 5) is 24.4. The van der Waals surface area contributed by atoms with Crippen molar-refractivity contribution in [3.05, 3.63) is 28.7 Å². The normalized spacial score (nSPS) is 15.8. The fourth-order valence-corrected chi connectivity index (χ4v) is 1.99. The first-order chi connectivity index (χ1) is 8.16. The molecule has 5 heteroatoms. The fraction of sp³-hybridized carbons (Fsp3) is 0.333. The molecule has 1 aromatic rings. The lowest BCUT2D eigenvalue weighted by atomic mass is 10.1. The van der Waals surface area contributed by atoms with Gasteiger partial charge in [-0.2, -0.15) is 0 Å². The summed E-state index contributed by atoms with van der Waals surface area (Å²) in [5.74, 6) is 0.698. The molecule has 1 heterocycles. The second kappa shape index (κ2) is 5.31. The molecule has 0 bridgehead atoms. The molecule has 17 heavy (non-hydrogen) atoms. The lowest BCUT2D eigenvalue weighted by molar-refractivity contribution is -0.121. The number of ether oxygens (including phenoxy) is 1. The first-order valence-corrected chi connectivity index (χ1v) is 6.19. The van der Waals surface area contributed by atoms with E-state index in [1.807, 2.05) is 12.1 Å². The van der Waals surface area contributed by atoms with Gasteiger partial charge in [0.05, 0.1) is 4.47 Å². The minimum atomic E-state index is -0.399. The number of benzene rings is 1. The Morgan fingerprint density at radius 2 is 1.88 bits per heavy atom. The number of rotatable bonds is 1. The van der Waals surface area contributed by atoms with E-state index in [-0.39, 0.29) is 5.78 Å². The molecule has 1 fully saturated rings. The highest BCUT2D eigenvalue weighted by atomic mass is 79.9. The molecule has 0 N–H and O–H groups in total. The van der Waals surface area contributed by atoms with Crippen molar-refractivity contribution >= 4 is 27.8 Å². The predicted octanol–water partition coefficient (Wildman–Crippen LogP) is 2.61. The summed E-state index contributed by atoms with van der Waals surface area (Å²) in [7, 11) is 0. The van der Waals surface area contributed by atoms with Crippen LogP contribution in [0.4, 0.5) is 4.79 Å². The SMILES string of the molecule is O=C1CCN(C(=O)Oc2ccccc2Br)CC1. The number of Topliss-reactive ketones (excluding diaryl/α,β-unsaturated/α-hetero) is 1. The molecule has 0 aromatic heterocycles. The van der Waals surface area contributed by atoms with Crippen molar-refractivity contribution in [2.24, 2.45) is 0 Å². The van der Waals surface area contributed by atoms with Gasteiger partial charge < -0.3 is 9.64 Å². The Labute approximate surface area is 108 Å². The summed E-state index contributed by atoms with van der Waals surface area (Å²) in [5, 5.41) is 0. The van der Waals surface area contributed by atoms with E-state index in [0.29, 0.717) is 31.7 Å². The van der Waals surface area contributed by atoms with Gasteiger partial charge in [0.25, 0.3) is 0 Å². The summed E-state index contributed by atoms with van der Waals surface area (Å²) < 4.78 is 5.99. The second-order valence-corrected chi connectivity index (χ2v) is 4.68. The smallest absolute Gasteiger partial charge is 0.409 e. The van der Waals surface area contributed by atoms with Gasteiger partial charge in [0.1, 0.15) is 11.5 Å². The molecule has 1 amide bonds. The van der Waals surface area contributed by atoms with Crippen molar-refractivity contribution < 1.29 is 14.3 Å². The van der Waals surface area contributed by atoms with Crippen LogP contribution in [0.25, 0.3) is 0 Å². The van der Waals surface area contributed by atoms with E-state index in [0.717, 1.165) is 4.47 Å². The van der Waals surface area contributed by atoms with Gasteiger partial charge in [0.15, 0.2) is 0 Å². The molecule has 1 aromatic carbocycles. The van der Waals surface area contributed by atoms with Gasteiger partial charge in [-0.25, -0.2) is 4.79 Å². The zero-order valence-corrected chi connectivity index (χ0v) is 10.8. The molecular formula is C12H12BrNO3. The average Bonchev–Trinajstić information content (AvgIpc) is 2.33. The van der Waals surface area contributed by atoms with Crippen LogP contribution in [-0.2, 0) is 4.79 Å². The van der Waals surface area contributed by atoms with E-state index in [4.69, 9.17) is 4.74 Å². The maximum absolute atomic E-state index is 11.8. The van der Waals surface area contributed by atoms with E-state index < -0.39 is 6.09 Å². The Morgan fingerprint density at radius 3 is 2.53 bits per heavy atom. The summed E-state index contributed by atoms with van der Waals surface area (Å²) in [6.45, 7) is 0.893. The van der Waals surface area contributed by atoms with Gasteiger partial charge in [-0.1, -0.05) is 12.1 Å². The molecule has 1 saturated heterocycles. The van der Waals surface area contributed by atoms with Gasteiger partial charge in [0, 0.05) is 25.9 Å². The highest BCUT2D eigenvalue weighted by Gasteiger charge is 2.22. The van der Waals surface area contributed by atoms with Crippen molar-refractivity contribution in [1.82, 2.24) is 4.90 Å². The van der Waals surface area contributed by atoms with Crippen LogP contribution in [0.15, 0.2) is 28.7 Å². The monoisotopic (exact) mass is 297 g/mol. The Hall–Kier alpha value is -1.36. The molecule has 0 saturated carbocycles. The van der Waals surface area contributed by atoms with Gasteiger partial charge in [-0.05, 0) is 28.1 Å². The number of carbonyl (C=O) groups is 2. The van der Waals surface area contributed by atoms with Gasteiger partial charge in [0.2, 0.25) is 0 Å². The second-order valence-electron chi connectivity index (χ2n) is 3.82. The minimum Gasteiger partial charge on any atom is -0.409 e. The highest BCUT2D eigenvalue weighted by molar-refractivity contribution is 9.10. The van der Waals surface area contributed by atoms with Crippen molar-refractivity contribution in [2.45, 2.75) is 12.8 Å². The standard InChI is InChI=1S/C12H12BrNO3/c13-10-3-1-2-4-11(10)17-12(16)14-7-5-9(15)6-8-14/h1-4H,5-8H2. The third-order valence-electron chi connectivity index (χ3n) is 2.61. The van der Waals surface area contributed by atoms with Gasteiger partial charge in [-0.15, -0.1) is 0 Å². The van der Waals surface area contributed by atoms with Crippen molar-refractivity contribution in [1.29, 1.82) is 0 Å². The number of halogens is 1. The number of nitrogens with zero attached hydrogens (tertiary/aromatic N) is 1. The van der Waals surface area contributed by atoms with Crippen molar-refractivity contribution in [3.63, 3.8) is 0 Å². The molecule has 2 rings (SSSR count). The van der Waals surface area contributed by atoms with Crippen LogP contribution < -0.4 is 4.74 Å². The van der Waals surface area contributed by atoms with Crippen LogP contribution in [0.3, 0.4) is 0 Å². The lowest BCUT2D eigenvalue weighted by Gasteiger charge is -2.25. The maximum Gasteiger partial charge on any atom is 0.415 e. The Morgan fingerprint density at radius 1 is 1.24 bits per heavy atom. The van der Waals surface area contributed by atoms with Crippen molar-refractivity contribution in [3.8, 4) is 5.75 Å². The topological polar surface area (TPSA) is 46.6 Å². The number of amides is 1. The van der Waals surface area contributed by atoms with E-state index >= 15 is 0 Å². The summed E-state index contributed by atoms with van der Waals surface area (Å²) >= 11 is 3.31. The first-order valence-electron chi connectivity index (χ1n) is 5.40. The van der Waals surface area contributed by atoms with E-state index in [2.05, 4.69) is 15.9 Å². The number of para-hydroxylation sites is 1. The van der Waals surface area contributed by atoms with Crippen LogP contribution in [-0.4, -0.2) is 29.9 Å². The van der Waals surface area contributed by atoms with E-state index in [1.54, 1.807) is 17.0 Å². The fourth-order valence-electron chi connectivity index (χ4n) is 1.62. The van der Waals surface area contributed by atoms with Crippen LogP contribution in [0.1, 0.15) is 12.8 Å². The number of carbonyl (C=O) groups excluding carboxylic acids is 2. The Kier molecular flexibility index (Phi) is 3.78. The van der Waals surface area contributed by atoms with Gasteiger partial charge in [-0.3, -0.25) is 4.79 Å². The molecule has 0 spiro atoms. The van der Waals surface area contributed by atoms with Crippen LogP contribution in [0.2, 0.25) is 0 Å². The molecule has 0 radical (unpaired) electrons. The summed E-state index contributed by atoms with van der Waals surface area (Å²) in [6, 6.07) is 7.17. The van der Waals surface area contributed by atoms with Crippen molar-refractivity contribution in [2.75, 3.05) is 13.1 Å². The number of hydrogen-bond acceptors (Lipinski definition) is 3. The molecule has 0 aliphatic carbocycles. The van der Waals surface area contributed by atoms with E-state index in [1.165, 1.54) is 0 Å². The quantitative estimate of drug-likeness (QED) is 0.800. The number of likely N-dealkylation sites (tertiary alicyclic amines) is 1. The average molecular weight is 298 g/mol. The zero-order chi connectivity index (χ0) is 12.3. The molecule has 0 unspecified atom stereocenters. The van der Waals surface area contributed by atoms with Crippen LogP contribution in [0, 0.1) is 0 Å². The first kappa shape index (κ1) is 12.1. The number of ketones is 1. The van der Waals surface area contributed by atoms with Crippen LogP contribution in [0.5, 0.6) is 5.75 Å². The predicted molar refractivity (Wildman–Crippen MR) is 66.0 cm³/mol. The van der Waals surface area contributed by atoms with Gasteiger partial charge >= 0.3 is 6.09 Å². The largest absolute Gasteiger partial charge is 0.415 e. The number of piperidine rings is 1. The summed E-state index contributed by atoms with van der Waals surface area (Å²) in [5.41, 5.74) is 0. The highest BCUT2D eigenvalue weighted by Crippen LogP contribution is 2.24. The molecule has 0 atom stereocenters. The van der Waals surface area contributed by atoms with Crippen LogP contribution >= 0.6 is 15.9 Å². The third kappa shape index (κ3) is 3.06. The molecular weight excluding hydrogens is 286 g/mol. The Bertz CT molecular complexity index is 437. The Balaban J connectivity index is 1.98. The minimum absolute atomic E-state index is 0.204. The number of hydrogen-bond donors (Lipinski definition) is 0. The molecule has 1 aliphatic rings. The van der Waals surface area contributed by atoms with E-state index in [9.17, 15) is 9.59 Å². The molecule has 1 aliphatic heterocycles. The lowest BCUT2D eigenvalue weighted by Crippen LogP contribution is -2.40.